The van der Waals surface area contributed by atoms with Crippen molar-refractivity contribution in [1.29, 1.82) is 0 Å². The first-order chi connectivity index (χ1) is 20.0. The maximum absolute atomic E-state index is 7.40. The van der Waals surface area contributed by atoms with Gasteiger partial charge in [0.2, 0.25) is 0 Å². The smallest absolute Gasteiger partial charge is 0.187 e. The number of aromatic nitrogens is 3. The minimum absolute atomic E-state index is 0.217. The van der Waals surface area contributed by atoms with Gasteiger partial charge in [-0.05, 0) is 51.6 Å². The van der Waals surface area contributed by atoms with Crippen LogP contribution in [-0.4, -0.2) is 15.0 Å². The summed E-state index contributed by atoms with van der Waals surface area (Å²) in [6.07, 6.45) is 0. The summed E-state index contributed by atoms with van der Waals surface area (Å²) in [5.41, 5.74) is 10.5. The summed E-state index contributed by atoms with van der Waals surface area (Å²) in [4.78, 5) is 18.3. The van der Waals surface area contributed by atoms with Crippen molar-refractivity contribution >= 4 is 5.69 Å². The van der Waals surface area contributed by atoms with Crippen LogP contribution in [0.5, 0.6) is 0 Å². The molecule has 0 unspecified atom stereocenters. The van der Waals surface area contributed by atoms with Gasteiger partial charge in [-0.25, -0.2) is 19.8 Å². The van der Waals surface area contributed by atoms with Gasteiger partial charge in [-0.1, -0.05) is 117 Å². The van der Waals surface area contributed by atoms with Gasteiger partial charge in [-0.3, -0.25) is 0 Å². The maximum Gasteiger partial charge on any atom is 0.187 e. The van der Waals surface area contributed by atoms with Crippen molar-refractivity contribution in [3.8, 4) is 56.4 Å². The van der Waals surface area contributed by atoms with E-state index >= 15 is 0 Å². The molecule has 0 bridgehead atoms. The lowest BCUT2D eigenvalue weighted by Crippen LogP contribution is -2.15. The van der Waals surface area contributed by atoms with Crippen LogP contribution in [0.2, 0.25) is 0 Å². The van der Waals surface area contributed by atoms with Crippen LogP contribution in [0.4, 0.5) is 5.69 Å². The van der Waals surface area contributed by atoms with Gasteiger partial charge in [0.05, 0.1) is 6.57 Å². The SMILES string of the molecule is [C-]#[N+]c1cccc(-c2ccc3c(c2)C(C)(C)c2cc(-c4nc(-c5ccccc5)nc(-c5ccccc5)n4)ccc2-3)c1. The zero-order valence-corrected chi connectivity index (χ0v) is 22.8. The second-order valence-electron chi connectivity index (χ2n) is 10.8. The molecule has 7 rings (SSSR count). The highest BCUT2D eigenvalue weighted by atomic mass is 15.0. The molecule has 41 heavy (non-hydrogen) atoms. The topological polar surface area (TPSA) is 43.0 Å². The zero-order valence-electron chi connectivity index (χ0n) is 22.8. The van der Waals surface area contributed by atoms with E-state index in [1.807, 2.05) is 78.9 Å². The first-order valence-electron chi connectivity index (χ1n) is 13.7. The zero-order chi connectivity index (χ0) is 28.0. The van der Waals surface area contributed by atoms with Gasteiger partial charge in [-0.2, -0.15) is 0 Å². The molecule has 0 radical (unpaired) electrons. The van der Waals surface area contributed by atoms with Gasteiger partial charge in [0, 0.05) is 22.1 Å². The molecule has 0 N–H and O–H groups in total. The highest BCUT2D eigenvalue weighted by molar-refractivity contribution is 5.85. The van der Waals surface area contributed by atoms with Crippen LogP contribution in [0.15, 0.2) is 121 Å². The summed E-state index contributed by atoms with van der Waals surface area (Å²) in [6, 6.07) is 41.2. The molecule has 0 fully saturated rings. The number of rotatable bonds is 4. The molecule has 0 saturated heterocycles. The Labute approximate surface area is 239 Å². The summed E-state index contributed by atoms with van der Waals surface area (Å²) < 4.78 is 0. The van der Waals surface area contributed by atoms with Gasteiger partial charge in [0.15, 0.2) is 23.2 Å². The molecule has 4 nitrogen and oxygen atoms in total. The molecule has 0 spiro atoms. The molecule has 1 aromatic heterocycles. The summed E-state index contributed by atoms with van der Waals surface area (Å²) >= 11 is 0. The Morgan fingerprint density at radius 1 is 0.488 bits per heavy atom. The Balaban J connectivity index is 1.34. The first-order valence-corrected chi connectivity index (χ1v) is 13.7. The molecule has 4 heteroatoms. The van der Waals surface area contributed by atoms with E-state index in [2.05, 4.69) is 61.2 Å². The van der Waals surface area contributed by atoms with E-state index in [4.69, 9.17) is 21.5 Å². The van der Waals surface area contributed by atoms with Crippen LogP contribution in [0.25, 0.3) is 61.3 Å². The molecule has 1 aliphatic carbocycles. The van der Waals surface area contributed by atoms with Crippen molar-refractivity contribution < 1.29 is 0 Å². The predicted molar refractivity (Wildman–Crippen MR) is 165 cm³/mol. The highest BCUT2D eigenvalue weighted by Crippen LogP contribution is 2.50. The fourth-order valence-electron chi connectivity index (χ4n) is 5.75. The molecular formula is C37H26N4. The van der Waals surface area contributed by atoms with Crippen molar-refractivity contribution in [3.05, 3.63) is 144 Å². The fraction of sp³-hybridized carbons (Fsp3) is 0.0811. The Kier molecular flexibility index (Phi) is 5.80. The molecule has 1 aliphatic rings. The fourth-order valence-corrected chi connectivity index (χ4v) is 5.75. The maximum atomic E-state index is 7.40. The second-order valence-corrected chi connectivity index (χ2v) is 10.8. The number of fused-ring (bicyclic) bond motifs is 3. The van der Waals surface area contributed by atoms with Crippen molar-refractivity contribution in [2.24, 2.45) is 0 Å². The predicted octanol–water partition coefficient (Wildman–Crippen LogP) is 9.40. The minimum atomic E-state index is -0.217. The van der Waals surface area contributed by atoms with Gasteiger partial charge < -0.3 is 0 Å². The van der Waals surface area contributed by atoms with Crippen molar-refractivity contribution in [1.82, 2.24) is 15.0 Å². The van der Waals surface area contributed by atoms with Crippen LogP contribution in [0, 0.1) is 6.57 Å². The van der Waals surface area contributed by atoms with Crippen molar-refractivity contribution in [3.63, 3.8) is 0 Å². The van der Waals surface area contributed by atoms with E-state index in [1.54, 1.807) is 0 Å². The van der Waals surface area contributed by atoms with E-state index in [9.17, 15) is 0 Å². The normalized spacial score (nSPS) is 12.8. The van der Waals surface area contributed by atoms with Gasteiger partial charge in [-0.15, -0.1) is 0 Å². The third kappa shape index (κ3) is 4.29. The van der Waals surface area contributed by atoms with Crippen LogP contribution >= 0.6 is 0 Å². The average molecular weight is 527 g/mol. The minimum Gasteiger partial charge on any atom is -0.238 e. The summed E-state index contributed by atoms with van der Waals surface area (Å²) in [5.74, 6) is 1.97. The van der Waals surface area contributed by atoms with Gasteiger partial charge >= 0.3 is 0 Å². The van der Waals surface area contributed by atoms with Gasteiger partial charge in [0.25, 0.3) is 0 Å². The lowest BCUT2D eigenvalue weighted by Gasteiger charge is -2.22. The lowest BCUT2D eigenvalue weighted by atomic mass is 9.81. The molecule has 1 heterocycles. The largest absolute Gasteiger partial charge is 0.238 e. The van der Waals surface area contributed by atoms with Crippen molar-refractivity contribution in [2.75, 3.05) is 0 Å². The van der Waals surface area contributed by atoms with Crippen LogP contribution in [0.3, 0.4) is 0 Å². The third-order valence-electron chi connectivity index (χ3n) is 7.94. The number of benzene rings is 5. The summed E-state index contributed by atoms with van der Waals surface area (Å²) in [5, 5.41) is 0. The molecule has 0 aliphatic heterocycles. The van der Waals surface area contributed by atoms with Crippen LogP contribution in [0.1, 0.15) is 25.0 Å². The first kappa shape index (κ1) is 24.6. The molecule has 0 atom stereocenters. The number of hydrogen-bond acceptors (Lipinski definition) is 3. The molecule has 6 aromatic rings. The number of hydrogen-bond donors (Lipinski definition) is 0. The third-order valence-corrected chi connectivity index (χ3v) is 7.94. The van der Waals surface area contributed by atoms with Gasteiger partial charge in [0.1, 0.15) is 0 Å². The summed E-state index contributed by atoms with van der Waals surface area (Å²) in [7, 11) is 0. The molecule has 0 amide bonds. The monoisotopic (exact) mass is 526 g/mol. The Bertz CT molecular complexity index is 1910. The molecular weight excluding hydrogens is 500 g/mol. The molecule has 194 valence electrons. The Morgan fingerprint density at radius 3 is 1.51 bits per heavy atom. The van der Waals surface area contributed by atoms with E-state index in [1.165, 1.54) is 22.3 Å². The number of nitrogens with zero attached hydrogens (tertiary/aromatic N) is 4. The van der Waals surface area contributed by atoms with E-state index in [-0.39, 0.29) is 5.41 Å². The van der Waals surface area contributed by atoms with E-state index in [0.717, 1.165) is 27.8 Å². The average Bonchev–Trinajstić information content (AvgIpc) is 3.27. The Morgan fingerprint density at radius 2 is 0.951 bits per heavy atom. The van der Waals surface area contributed by atoms with Crippen molar-refractivity contribution in [2.45, 2.75) is 19.3 Å². The van der Waals surface area contributed by atoms with E-state index in [0.29, 0.717) is 23.2 Å². The molecule has 0 saturated carbocycles. The van der Waals surface area contributed by atoms with Crippen LogP contribution in [-0.2, 0) is 5.41 Å². The van der Waals surface area contributed by atoms with Crippen LogP contribution < -0.4 is 0 Å². The van der Waals surface area contributed by atoms with E-state index < -0.39 is 0 Å². The lowest BCUT2D eigenvalue weighted by molar-refractivity contribution is 0.661. The highest BCUT2D eigenvalue weighted by Gasteiger charge is 2.36. The standard InChI is InChI=1S/C37H26N4/c1-37(2)32-22-27(26-15-10-16-29(21-26)38-3)17-19-30(32)31-20-18-28(23-33(31)37)36-40-34(24-11-6-4-7-12-24)39-35(41-36)25-13-8-5-9-14-25/h4-23H,1-2H3. The Hall–Kier alpha value is -5.40. The second kappa shape index (κ2) is 9.66. The summed E-state index contributed by atoms with van der Waals surface area (Å²) in [6.45, 7) is 12.0. The molecule has 5 aromatic carbocycles. The quantitative estimate of drug-likeness (QED) is 0.215.